The van der Waals surface area contributed by atoms with E-state index >= 15 is 0 Å². The van der Waals surface area contributed by atoms with Gasteiger partial charge >= 0.3 is 0 Å². The van der Waals surface area contributed by atoms with E-state index < -0.39 is 0 Å². The highest BCUT2D eigenvalue weighted by atomic mass is 32.1. The summed E-state index contributed by atoms with van der Waals surface area (Å²) in [7, 11) is 0. The zero-order chi connectivity index (χ0) is 37.3. The monoisotopic (exact) mass is 751 g/mol. The molecule has 10 aromatic rings. The number of rotatable bonds is 9. The van der Waals surface area contributed by atoms with Crippen molar-refractivity contribution in [3.8, 4) is 32.0 Å². The molecule has 0 aliphatic rings. The molecule has 1 atom stereocenters. The first-order chi connectivity index (χ1) is 27.7. The lowest BCUT2D eigenvalue weighted by Gasteiger charge is -2.26. The van der Waals surface area contributed by atoms with Gasteiger partial charge in [0.15, 0.2) is 0 Å². The van der Waals surface area contributed by atoms with Crippen LogP contribution in [0.15, 0.2) is 218 Å². The van der Waals surface area contributed by atoms with Gasteiger partial charge in [-0.3, -0.25) is 0 Å². The summed E-state index contributed by atoms with van der Waals surface area (Å²) in [5, 5.41) is 2.60. The maximum absolute atomic E-state index is 2.33. The first-order valence-corrected chi connectivity index (χ1v) is 20.7. The van der Waals surface area contributed by atoms with Gasteiger partial charge in [-0.2, -0.15) is 0 Å². The lowest BCUT2D eigenvalue weighted by atomic mass is 9.84. The number of hydrogen-bond acceptors (Lipinski definition) is 3. The van der Waals surface area contributed by atoms with Crippen LogP contribution in [0.4, 0.5) is 17.1 Å². The van der Waals surface area contributed by atoms with Gasteiger partial charge < -0.3 is 4.90 Å². The van der Waals surface area contributed by atoms with Crippen molar-refractivity contribution in [3.05, 3.63) is 235 Å². The van der Waals surface area contributed by atoms with Crippen molar-refractivity contribution in [1.29, 1.82) is 0 Å². The molecule has 0 fully saturated rings. The van der Waals surface area contributed by atoms with Crippen molar-refractivity contribution in [2.75, 3.05) is 4.90 Å². The minimum absolute atomic E-state index is 0.133. The highest BCUT2D eigenvalue weighted by Crippen LogP contribution is 2.40. The Kier molecular flexibility index (Phi) is 9.08. The molecule has 8 aromatic carbocycles. The molecule has 1 unspecified atom stereocenters. The molecule has 0 aliphatic heterocycles. The zero-order valence-corrected chi connectivity index (χ0v) is 32.3. The first-order valence-electron chi connectivity index (χ1n) is 19.0. The Morgan fingerprint density at radius 3 is 1.14 bits per heavy atom. The summed E-state index contributed by atoms with van der Waals surface area (Å²) < 4.78 is 2.64. The number of benzene rings is 8. The fraction of sp³-hybridized carbons (Fsp3) is 0.0189. The third kappa shape index (κ3) is 6.73. The minimum Gasteiger partial charge on any atom is -0.311 e. The van der Waals surface area contributed by atoms with Crippen LogP contribution in [0, 0.1) is 0 Å². The molecule has 0 N–H and O–H groups in total. The first kappa shape index (κ1) is 34.0. The van der Waals surface area contributed by atoms with Gasteiger partial charge in [-0.25, -0.2) is 0 Å². The van der Waals surface area contributed by atoms with Gasteiger partial charge in [-0.1, -0.05) is 158 Å². The summed E-state index contributed by atoms with van der Waals surface area (Å²) in [5.74, 6) is 0.133. The van der Waals surface area contributed by atoms with Crippen molar-refractivity contribution < 1.29 is 0 Å². The van der Waals surface area contributed by atoms with Gasteiger partial charge in [0.2, 0.25) is 0 Å². The lowest BCUT2D eigenvalue weighted by Crippen LogP contribution is -2.09. The number of para-hydroxylation sites is 1. The molecule has 0 aliphatic carbocycles. The van der Waals surface area contributed by atoms with Gasteiger partial charge in [0.1, 0.15) is 0 Å². The van der Waals surface area contributed by atoms with Crippen LogP contribution < -0.4 is 4.90 Å². The molecule has 266 valence electrons. The molecular weight excluding hydrogens is 715 g/mol. The molecule has 56 heavy (non-hydrogen) atoms. The Labute approximate surface area is 336 Å². The maximum Gasteiger partial charge on any atom is 0.0462 e. The van der Waals surface area contributed by atoms with E-state index in [0.29, 0.717) is 0 Å². The van der Waals surface area contributed by atoms with Gasteiger partial charge in [0.05, 0.1) is 0 Å². The molecular formula is C53H37NS2. The van der Waals surface area contributed by atoms with Crippen LogP contribution in [-0.2, 0) is 0 Å². The Hall–Kier alpha value is -6.52. The van der Waals surface area contributed by atoms with E-state index in [9.17, 15) is 0 Å². The van der Waals surface area contributed by atoms with Gasteiger partial charge in [0.25, 0.3) is 0 Å². The topological polar surface area (TPSA) is 3.24 Å². The van der Waals surface area contributed by atoms with Gasteiger partial charge in [-0.15, -0.1) is 22.7 Å². The average molecular weight is 752 g/mol. The second-order valence-corrected chi connectivity index (χ2v) is 16.3. The largest absolute Gasteiger partial charge is 0.311 e. The van der Waals surface area contributed by atoms with Crippen LogP contribution in [-0.4, -0.2) is 0 Å². The number of hydrogen-bond donors (Lipinski definition) is 0. The van der Waals surface area contributed by atoms with Crippen LogP contribution in [0.3, 0.4) is 0 Å². The molecule has 0 spiro atoms. The zero-order valence-electron chi connectivity index (χ0n) is 30.6. The average Bonchev–Trinajstić information content (AvgIpc) is 3.91. The summed E-state index contributed by atoms with van der Waals surface area (Å²) in [6.45, 7) is 0. The number of fused-ring (bicyclic) bond motifs is 2. The van der Waals surface area contributed by atoms with Crippen LogP contribution in [0.1, 0.15) is 22.6 Å². The molecule has 2 aromatic heterocycles. The smallest absolute Gasteiger partial charge is 0.0462 e. The van der Waals surface area contributed by atoms with Crippen LogP contribution in [0.2, 0.25) is 0 Å². The van der Waals surface area contributed by atoms with Crippen LogP contribution in [0.25, 0.3) is 52.2 Å². The van der Waals surface area contributed by atoms with E-state index in [0.717, 1.165) is 17.1 Å². The molecule has 3 heteroatoms. The molecule has 0 saturated carbocycles. The summed E-state index contributed by atoms with van der Waals surface area (Å²) in [5.41, 5.74) is 12.1. The Bertz CT molecular complexity index is 2600. The summed E-state index contributed by atoms with van der Waals surface area (Å²) in [4.78, 5) is 4.92. The Morgan fingerprint density at radius 2 is 0.661 bits per heavy atom. The third-order valence-electron chi connectivity index (χ3n) is 10.6. The van der Waals surface area contributed by atoms with Crippen LogP contribution >= 0.6 is 22.7 Å². The summed E-state index contributed by atoms with van der Waals surface area (Å²) in [6, 6.07) is 79.6. The molecule has 1 nitrogen and oxygen atoms in total. The fourth-order valence-electron chi connectivity index (χ4n) is 7.78. The normalized spacial score (nSPS) is 11.9. The SMILES string of the molecule is c1ccc(C(c2ccc(-c3ccc(N(c4ccccc4)c4ccc(-c5cc6ccccc6s5)cc4)cc3)cc2)c2ccc(-c3cc4ccccc4s3)cc2)cc1. The van der Waals surface area contributed by atoms with E-state index in [-0.39, 0.29) is 5.92 Å². The van der Waals surface area contributed by atoms with E-state index in [1.807, 2.05) is 22.7 Å². The van der Waals surface area contributed by atoms with E-state index in [2.05, 4.69) is 223 Å². The number of anilines is 3. The summed E-state index contributed by atoms with van der Waals surface area (Å²) in [6.07, 6.45) is 0. The second-order valence-electron chi connectivity index (χ2n) is 14.1. The van der Waals surface area contributed by atoms with Crippen molar-refractivity contribution in [1.82, 2.24) is 0 Å². The predicted molar refractivity (Wildman–Crippen MR) is 242 cm³/mol. The Balaban J connectivity index is 0.925. The van der Waals surface area contributed by atoms with E-state index in [1.165, 1.54) is 68.9 Å². The highest BCUT2D eigenvalue weighted by molar-refractivity contribution is 7.22. The van der Waals surface area contributed by atoms with Crippen LogP contribution in [0.5, 0.6) is 0 Å². The number of thiophene rings is 2. The highest BCUT2D eigenvalue weighted by Gasteiger charge is 2.18. The molecule has 0 amide bonds. The maximum atomic E-state index is 2.33. The molecule has 2 heterocycles. The summed E-state index contributed by atoms with van der Waals surface area (Å²) >= 11 is 3.70. The predicted octanol–water partition coefficient (Wildman–Crippen LogP) is 15.8. The number of nitrogens with zero attached hydrogens (tertiary/aromatic N) is 1. The molecule has 0 radical (unpaired) electrons. The fourth-order valence-corrected chi connectivity index (χ4v) is 9.92. The molecule has 10 rings (SSSR count). The van der Waals surface area contributed by atoms with Gasteiger partial charge in [-0.05, 0) is 110 Å². The van der Waals surface area contributed by atoms with Crippen molar-refractivity contribution >= 4 is 59.9 Å². The van der Waals surface area contributed by atoms with Crippen molar-refractivity contribution in [2.45, 2.75) is 5.92 Å². The minimum atomic E-state index is 0.133. The van der Waals surface area contributed by atoms with Crippen molar-refractivity contribution in [2.24, 2.45) is 0 Å². The Morgan fingerprint density at radius 1 is 0.304 bits per heavy atom. The molecule has 0 bridgehead atoms. The molecule has 0 saturated heterocycles. The lowest BCUT2D eigenvalue weighted by molar-refractivity contribution is 0.978. The quantitative estimate of drug-likeness (QED) is 0.133. The van der Waals surface area contributed by atoms with E-state index in [1.54, 1.807) is 0 Å². The van der Waals surface area contributed by atoms with Crippen molar-refractivity contribution in [3.63, 3.8) is 0 Å². The van der Waals surface area contributed by atoms with Gasteiger partial charge in [0, 0.05) is 42.1 Å². The standard InChI is InChI=1S/C53H37NS2/c1-3-11-41(12-4-1)53(43-25-21-39(22-26-43)51-35-44-13-7-9-17-49(44)55-51)42-23-19-37(20-24-42)38-27-31-47(32-28-38)54(46-15-5-2-6-16-46)48-33-29-40(30-34-48)52-36-45-14-8-10-18-50(45)56-52/h1-36,53H. The second kappa shape index (κ2) is 15.0. The third-order valence-corrected chi connectivity index (χ3v) is 13.0. The van der Waals surface area contributed by atoms with E-state index in [4.69, 9.17) is 0 Å².